The monoisotopic (exact) mass is 351 g/mol. The van der Waals surface area contributed by atoms with Crippen LogP contribution in [0.15, 0.2) is 66.7 Å². The van der Waals surface area contributed by atoms with E-state index in [-0.39, 0.29) is 0 Å². The van der Waals surface area contributed by atoms with E-state index in [0.29, 0.717) is 16.8 Å². The highest BCUT2D eigenvalue weighted by atomic mass is 32.2. The van der Waals surface area contributed by atoms with E-state index in [1.165, 1.54) is 10.2 Å². The van der Waals surface area contributed by atoms with Crippen molar-refractivity contribution >= 4 is 31.8 Å². The van der Waals surface area contributed by atoms with Crippen molar-refractivity contribution in [3.05, 3.63) is 66.7 Å². The largest absolute Gasteiger partial charge is 0.497 e. The fourth-order valence-electron chi connectivity index (χ4n) is 3.26. The number of benzene rings is 3. The molecule has 0 aliphatic carbocycles. The molecule has 0 spiro atoms. The van der Waals surface area contributed by atoms with Crippen molar-refractivity contribution in [3.8, 4) is 16.9 Å². The lowest BCUT2D eigenvalue weighted by Crippen LogP contribution is -2.09. The Balaban J connectivity index is 2.11. The minimum atomic E-state index is -3.45. The third-order valence-corrected chi connectivity index (χ3v) is 5.42. The van der Waals surface area contributed by atoms with Gasteiger partial charge in [0.1, 0.15) is 5.75 Å². The lowest BCUT2D eigenvalue weighted by Gasteiger charge is -2.06. The number of rotatable bonds is 3. The maximum absolute atomic E-state index is 12.4. The molecule has 0 bridgehead atoms. The van der Waals surface area contributed by atoms with Gasteiger partial charge < -0.3 is 4.74 Å². The Bertz CT molecular complexity index is 1190. The molecule has 126 valence electrons. The van der Waals surface area contributed by atoms with Gasteiger partial charge in [-0.25, -0.2) is 12.4 Å². The van der Waals surface area contributed by atoms with Crippen LogP contribution in [-0.2, 0) is 10.0 Å². The third kappa shape index (κ3) is 2.57. The van der Waals surface area contributed by atoms with Gasteiger partial charge in [0, 0.05) is 16.8 Å². The molecule has 0 amide bonds. The highest BCUT2D eigenvalue weighted by Crippen LogP contribution is 2.35. The second-order valence-corrected chi connectivity index (χ2v) is 7.84. The lowest BCUT2D eigenvalue weighted by molar-refractivity contribution is 0.415. The summed E-state index contributed by atoms with van der Waals surface area (Å²) in [5.41, 5.74) is 3.45. The summed E-state index contributed by atoms with van der Waals surface area (Å²) in [4.78, 5) is 0. The van der Waals surface area contributed by atoms with Gasteiger partial charge in [0.2, 0.25) is 10.0 Å². The van der Waals surface area contributed by atoms with E-state index in [1.807, 2.05) is 60.7 Å². The van der Waals surface area contributed by atoms with Gasteiger partial charge >= 0.3 is 0 Å². The summed E-state index contributed by atoms with van der Waals surface area (Å²) in [5, 5.41) is 1.79. The Morgan fingerprint density at radius 2 is 1.56 bits per heavy atom. The van der Waals surface area contributed by atoms with Crippen LogP contribution in [-0.4, -0.2) is 25.8 Å². The number of methoxy groups -OCH3 is 1. The van der Waals surface area contributed by atoms with Gasteiger partial charge in [0.05, 0.1) is 24.4 Å². The van der Waals surface area contributed by atoms with E-state index in [9.17, 15) is 8.42 Å². The predicted octanol–water partition coefficient (Wildman–Crippen LogP) is 4.28. The molecule has 25 heavy (non-hydrogen) atoms. The molecule has 3 aromatic carbocycles. The van der Waals surface area contributed by atoms with Gasteiger partial charge in [-0.2, -0.15) is 0 Å². The zero-order valence-electron chi connectivity index (χ0n) is 13.9. The summed E-state index contributed by atoms with van der Waals surface area (Å²) in [5.74, 6) is 0.628. The molecule has 0 saturated carbocycles. The molecule has 0 aliphatic heterocycles. The molecule has 0 saturated heterocycles. The van der Waals surface area contributed by atoms with Crippen molar-refractivity contribution in [1.82, 2.24) is 3.97 Å². The number of hydrogen-bond acceptors (Lipinski definition) is 3. The van der Waals surface area contributed by atoms with E-state index in [0.717, 1.165) is 21.9 Å². The highest BCUT2D eigenvalue weighted by molar-refractivity contribution is 7.89. The van der Waals surface area contributed by atoms with Crippen molar-refractivity contribution in [2.24, 2.45) is 0 Å². The van der Waals surface area contributed by atoms with E-state index < -0.39 is 10.0 Å². The molecule has 0 aliphatic rings. The average Bonchev–Trinajstić information content (AvgIpc) is 2.95. The summed E-state index contributed by atoms with van der Waals surface area (Å²) in [6.07, 6.45) is 1.22. The Morgan fingerprint density at radius 3 is 2.24 bits per heavy atom. The molecule has 1 aromatic heterocycles. The van der Waals surface area contributed by atoms with E-state index >= 15 is 0 Å². The second-order valence-electron chi connectivity index (χ2n) is 6.01. The van der Waals surface area contributed by atoms with Crippen LogP contribution in [0.4, 0.5) is 0 Å². The minimum Gasteiger partial charge on any atom is -0.497 e. The van der Waals surface area contributed by atoms with Crippen LogP contribution in [0.2, 0.25) is 0 Å². The Morgan fingerprint density at radius 1 is 0.800 bits per heavy atom. The first kappa shape index (κ1) is 15.7. The average molecular weight is 351 g/mol. The molecule has 1 heterocycles. The minimum absolute atomic E-state index is 0.627. The van der Waals surface area contributed by atoms with Gasteiger partial charge in [-0.3, -0.25) is 0 Å². The fourth-order valence-corrected chi connectivity index (χ4v) is 4.29. The molecule has 0 radical (unpaired) electrons. The van der Waals surface area contributed by atoms with Gasteiger partial charge in [0.25, 0.3) is 0 Å². The smallest absolute Gasteiger partial charge is 0.236 e. The van der Waals surface area contributed by atoms with Crippen molar-refractivity contribution < 1.29 is 13.2 Å². The molecule has 4 aromatic rings. The summed E-state index contributed by atoms with van der Waals surface area (Å²) in [6.45, 7) is 0. The maximum Gasteiger partial charge on any atom is 0.236 e. The SMILES string of the molecule is COc1ccc2c3cc(-c4ccccc4)ccc3n(S(C)(=O)=O)c2c1. The van der Waals surface area contributed by atoms with Crippen LogP contribution in [0, 0.1) is 0 Å². The first-order valence-corrected chi connectivity index (χ1v) is 9.72. The Kier molecular flexibility index (Phi) is 3.54. The molecule has 0 N–H and O–H groups in total. The fraction of sp³-hybridized carbons (Fsp3) is 0.100. The standard InChI is InChI=1S/C20H17NO3S/c1-24-16-9-10-17-18-12-15(14-6-4-3-5-7-14)8-11-19(18)21(20(17)13-16)25(2,22)23/h3-13H,1-2H3. The molecule has 5 heteroatoms. The number of nitrogens with zero attached hydrogens (tertiary/aromatic N) is 1. The van der Waals surface area contributed by atoms with Crippen molar-refractivity contribution in [2.45, 2.75) is 0 Å². The van der Waals surface area contributed by atoms with Crippen molar-refractivity contribution in [3.63, 3.8) is 0 Å². The van der Waals surface area contributed by atoms with Crippen molar-refractivity contribution in [1.29, 1.82) is 0 Å². The third-order valence-electron chi connectivity index (χ3n) is 4.37. The number of ether oxygens (including phenoxy) is 1. The number of aromatic nitrogens is 1. The Labute approximate surface area is 146 Å². The lowest BCUT2D eigenvalue weighted by atomic mass is 10.0. The summed E-state index contributed by atoms with van der Waals surface area (Å²) >= 11 is 0. The molecular weight excluding hydrogens is 334 g/mol. The molecular formula is C20H17NO3S. The molecule has 0 fully saturated rings. The zero-order chi connectivity index (χ0) is 17.6. The van der Waals surface area contributed by atoms with E-state index in [2.05, 4.69) is 0 Å². The predicted molar refractivity (Wildman–Crippen MR) is 102 cm³/mol. The van der Waals surface area contributed by atoms with E-state index in [1.54, 1.807) is 13.2 Å². The molecule has 0 unspecified atom stereocenters. The van der Waals surface area contributed by atoms with Crippen LogP contribution < -0.4 is 4.74 Å². The van der Waals surface area contributed by atoms with Crippen molar-refractivity contribution in [2.75, 3.05) is 13.4 Å². The van der Waals surface area contributed by atoms with Gasteiger partial charge in [-0.15, -0.1) is 0 Å². The quantitative estimate of drug-likeness (QED) is 0.553. The molecule has 4 nitrogen and oxygen atoms in total. The zero-order valence-corrected chi connectivity index (χ0v) is 14.7. The molecule has 4 rings (SSSR count). The maximum atomic E-state index is 12.4. The molecule has 0 atom stereocenters. The van der Waals surface area contributed by atoms with Gasteiger partial charge in [-0.05, 0) is 35.4 Å². The highest BCUT2D eigenvalue weighted by Gasteiger charge is 2.18. The number of fused-ring (bicyclic) bond motifs is 3. The Hall–Kier alpha value is -2.79. The van der Waals surface area contributed by atoms with Gasteiger partial charge in [0.15, 0.2) is 0 Å². The van der Waals surface area contributed by atoms with Crippen LogP contribution in [0.25, 0.3) is 32.9 Å². The topological polar surface area (TPSA) is 48.3 Å². The normalized spacial score (nSPS) is 11.9. The second kappa shape index (κ2) is 5.63. The summed E-state index contributed by atoms with van der Waals surface area (Å²) < 4.78 is 31.5. The van der Waals surface area contributed by atoms with Crippen LogP contribution in [0.1, 0.15) is 0 Å². The van der Waals surface area contributed by atoms with Gasteiger partial charge in [-0.1, -0.05) is 36.4 Å². The number of hydrogen-bond donors (Lipinski definition) is 0. The van der Waals surface area contributed by atoms with E-state index in [4.69, 9.17) is 4.74 Å². The first-order chi connectivity index (χ1) is 12.0. The van der Waals surface area contributed by atoms with Crippen LogP contribution in [0.3, 0.4) is 0 Å². The summed E-state index contributed by atoms with van der Waals surface area (Å²) in [7, 11) is -1.88. The van der Waals surface area contributed by atoms with Crippen LogP contribution in [0.5, 0.6) is 5.75 Å². The summed E-state index contributed by atoms with van der Waals surface area (Å²) in [6, 6.07) is 21.4. The first-order valence-electron chi connectivity index (χ1n) is 7.87. The van der Waals surface area contributed by atoms with Crippen LogP contribution >= 0.6 is 0 Å².